The quantitative estimate of drug-likeness (QED) is 0.646. The second-order valence-corrected chi connectivity index (χ2v) is 6.78. The van der Waals surface area contributed by atoms with Crippen molar-refractivity contribution >= 4 is 29.6 Å². The van der Waals surface area contributed by atoms with Crippen molar-refractivity contribution in [2.45, 2.75) is 51.7 Å². The molecule has 3 atom stereocenters. The molecule has 0 aromatic heterocycles. The molecule has 0 bridgehead atoms. The number of carbonyl (C=O) groups is 2. The lowest BCUT2D eigenvalue weighted by molar-refractivity contribution is -0.150. The molecule has 0 aliphatic heterocycles. The molecule has 2 rings (SSSR count). The number of halogens is 1. The number of carbonyl (C=O) groups excluding carboxylic acids is 2. The van der Waals surface area contributed by atoms with Crippen LogP contribution >= 0.6 is 11.6 Å². The summed E-state index contributed by atoms with van der Waals surface area (Å²) in [5, 5.41) is 3.59. The minimum Gasteiger partial charge on any atom is -0.449 e. The molecule has 4 nitrogen and oxygen atoms in total. The smallest absolute Gasteiger partial charge is 0.331 e. The summed E-state index contributed by atoms with van der Waals surface area (Å²) in [6.45, 7) is 3.74. The lowest BCUT2D eigenvalue weighted by Crippen LogP contribution is -2.45. The first-order valence-corrected chi connectivity index (χ1v) is 8.78. The summed E-state index contributed by atoms with van der Waals surface area (Å²) in [7, 11) is 0. The van der Waals surface area contributed by atoms with E-state index in [2.05, 4.69) is 12.2 Å². The first-order valence-electron chi connectivity index (χ1n) is 8.40. The third-order valence-electron chi connectivity index (χ3n) is 4.36. The van der Waals surface area contributed by atoms with Crippen LogP contribution in [-0.2, 0) is 14.3 Å². The van der Waals surface area contributed by atoms with Crippen LogP contribution in [0.3, 0.4) is 0 Å². The van der Waals surface area contributed by atoms with E-state index < -0.39 is 12.1 Å². The fourth-order valence-electron chi connectivity index (χ4n) is 2.87. The highest BCUT2D eigenvalue weighted by Gasteiger charge is 2.25. The maximum absolute atomic E-state index is 12.2. The van der Waals surface area contributed by atoms with Crippen molar-refractivity contribution in [2.24, 2.45) is 5.92 Å². The average molecular weight is 350 g/mol. The monoisotopic (exact) mass is 349 g/mol. The molecule has 0 radical (unpaired) electrons. The summed E-state index contributed by atoms with van der Waals surface area (Å²) in [5.74, 6) is -0.319. The van der Waals surface area contributed by atoms with E-state index in [4.69, 9.17) is 16.3 Å². The molecule has 1 N–H and O–H groups in total. The van der Waals surface area contributed by atoms with E-state index in [1.54, 1.807) is 31.2 Å². The summed E-state index contributed by atoms with van der Waals surface area (Å²) in [4.78, 5) is 24.0. The molecule has 1 aromatic rings. The van der Waals surface area contributed by atoms with Crippen LogP contribution in [-0.4, -0.2) is 24.0 Å². The predicted molar refractivity (Wildman–Crippen MR) is 95.6 cm³/mol. The van der Waals surface area contributed by atoms with E-state index in [0.717, 1.165) is 24.8 Å². The van der Waals surface area contributed by atoms with Gasteiger partial charge in [-0.05, 0) is 49.5 Å². The van der Waals surface area contributed by atoms with Gasteiger partial charge in [0.25, 0.3) is 5.91 Å². The summed E-state index contributed by atoms with van der Waals surface area (Å²) < 4.78 is 5.17. The molecule has 1 amide bonds. The van der Waals surface area contributed by atoms with Gasteiger partial charge < -0.3 is 10.1 Å². The van der Waals surface area contributed by atoms with Crippen LogP contribution in [0.25, 0.3) is 6.08 Å². The number of ether oxygens (including phenoxy) is 1. The van der Waals surface area contributed by atoms with Gasteiger partial charge in [0.2, 0.25) is 0 Å². The minimum absolute atomic E-state index is 0.175. The molecule has 5 heteroatoms. The van der Waals surface area contributed by atoms with Crippen molar-refractivity contribution in [3.63, 3.8) is 0 Å². The SMILES string of the molecule is C[C@H](OC(=O)/C=C/c1cccc(Cl)c1)C(=O)N[C@@H]1CCCC[C@H]1C. The fraction of sp³-hybridized carbons (Fsp3) is 0.474. The lowest BCUT2D eigenvalue weighted by Gasteiger charge is -2.30. The zero-order chi connectivity index (χ0) is 17.5. The molecule has 0 unspecified atom stereocenters. The normalized spacial score (nSPS) is 22.1. The zero-order valence-corrected chi connectivity index (χ0v) is 14.9. The van der Waals surface area contributed by atoms with Crippen molar-refractivity contribution in [1.29, 1.82) is 0 Å². The van der Waals surface area contributed by atoms with Gasteiger partial charge in [-0.3, -0.25) is 4.79 Å². The Morgan fingerprint density at radius 1 is 1.33 bits per heavy atom. The number of benzene rings is 1. The maximum Gasteiger partial charge on any atom is 0.331 e. The van der Waals surface area contributed by atoms with Gasteiger partial charge in [0, 0.05) is 17.1 Å². The Morgan fingerprint density at radius 2 is 2.08 bits per heavy atom. The third-order valence-corrected chi connectivity index (χ3v) is 4.60. The molecule has 130 valence electrons. The van der Waals surface area contributed by atoms with Crippen molar-refractivity contribution < 1.29 is 14.3 Å². The number of nitrogens with one attached hydrogen (secondary N) is 1. The highest BCUT2D eigenvalue weighted by atomic mass is 35.5. The largest absolute Gasteiger partial charge is 0.449 e. The Morgan fingerprint density at radius 3 is 2.79 bits per heavy atom. The number of hydrogen-bond donors (Lipinski definition) is 1. The third kappa shape index (κ3) is 5.68. The summed E-state index contributed by atoms with van der Waals surface area (Å²) >= 11 is 5.89. The Labute approximate surface area is 148 Å². The zero-order valence-electron chi connectivity index (χ0n) is 14.1. The van der Waals surface area contributed by atoms with Gasteiger partial charge >= 0.3 is 5.97 Å². The molecule has 1 fully saturated rings. The van der Waals surface area contributed by atoms with Crippen LogP contribution in [0.15, 0.2) is 30.3 Å². The fourth-order valence-corrected chi connectivity index (χ4v) is 3.07. The second-order valence-electron chi connectivity index (χ2n) is 6.34. The van der Waals surface area contributed by atoms with E-state index in [1.807, 2.05) is 6.07 Å². The molecule has 24 heavy (non-hydrogen) atoms. The Bertz CT molecular complexity index is 614. The van der Waals surface area contributed by atoms with Gasteiger partial charge in [-0.15, -0.1) is 0 Å². The van der Waals surface area contributed by atoms with Gasteiger partial charge in [0.15, 0.2) is 6.10 Å². The summed E-state index contributed by atoms with van der Waals surface area (Å²) in [6, 6.07) is 7.31. The molecular weight excluding hydrogens is 326 g/mol. The minimum atomic E-state index is -0.810. The molecule has 1 aliphatic rings. The molecule has 1 aromatic carbocycles. The standard InChI is InChI=1S/C19H24ClNO3/c1-13-6-3-4-9-17(13)21-19(23)14(2)24-18(22)11-10-15-7-5-8-16(20)12-15/h5,7-8,10-14,17H,3-4,6,9H2,1-2H3,(H,21,23)/b11-10+/t13-,14+,17-/m1/s1. The van der Waals surface area contributed by atoms with Gasteiger partial charge in [-0.2, -0.15) is 0 Å². The van der Waals surface area contributed by atoms with Crippen LogP contribution in [0.2, 0.25) is 5.02 Å². The van der Waals surface area contributed by atoms with E-state index >= 15 is 0 Å². The lowest BCUT2D eigenvalue weighted by atomic mass is 9.86. The summed E-state index contributed by atoms with van der Waals surface area (Å²) in [5.41, 5.74) is 0.799. The first kappa shape index (κ1) is 18.5. The maximum atomic E-state index is 12.2. The van der Waals surface area contributed by atoms with E-state index in [0.29, 0.717) is 10.9 Å². The van der Waals surface area contributed by atoms with E-state index in [-0.39, 0.29) is 11.9 Å². The number of rotatable bonds is 5. The number of amides is 1. The molecule has 0 saturated heterocycles. The molecule has 0 heterocycles. The number of esters is 1. The van der Waals surface area contributed by atoms with Crippen molar-refractivity contribution in [1.82, 2.24) is 5.32 Å². The Kier molecular flexibility index (Phi) is 6.85. The highest BCUT2D eigenvalue weighted by molar-refractivity contribution is 6.30. The van der Waals surface area contributed by atoms with Crippen LogP contribution in [0.5, 0.6) is 0 Å². The van der Waals surface area contributed by atoms with Crippen molar-refractivity contribution in [3.8, 4) is 0 Å². The van der Waals surface area contributed by atoms with Crippen LogP contribution in [0.1, 0.15) is 45.1 Å². The predicted octanol–water partition coefficient (Wildman–Crippen LogP) is 3.98. The molecule has 1 aliphatic carbocycles. The average Bonchev–Trinajstić information content (AvgIpc) is 2.55. The van der Waals surface area contributed by atoms with Gasteiger partial charge in [-0.1, -0.05) is 43.5 Å². The van der Waals surface area contributed by atoms with Crippen LogP contribution in [0.4, 0.5) is 0 Å². The first-order chi connectivity index (χ1) is 11.5. The van der Waals surface area contributed by atoms with E-state index in [1.165, 1.54) is 12.5 Å². The Hall–Kier alpha value is -1.81. The van der Waals surface area contributed by atoms with Crippen molar-refractivity contribution in [2.75, 3.05) is 0 Å². The highest BCUT2D eigenvalue weighted by Crippen LogP contribution is 2.23. The van der Waals surface area contributed by atoms with E-state index in [9.17, 15) is 9.59 Å². The second kappa shape index (κ2) is 8.88. The summed E-state index contributed by atoms with van der Waals surface area (Å²) in [6.07, 6.45) is 6.57. The molecular formula is C19H24ClNO3. The van der Waals surface area contributed by atoms with Gasteiger partial charge in [-0.25, -0.2) is 4.79 Å². The topological polar surface area (TPSA) is 55.4 Å². The molecule has 1 saturated carbocycles. The van der Waals surface area contributed by atoms with Crippen molar-refractivity contribution in [3.05, 3.63) is 40.9 Å². The van der Waals surface area contributed by atoms with Crippen LogP contribution in [0, 0.1) is 5.92 Å². The molecule has 0 spiro atoms. The number of hydrogen-bond acceptors (Lipinski definition) is 3. The van der Waals surface area contributed by atoms with Gasteiger partial charge in [0.05, 0.1) is 0 Å². The van der Waals surface area contributed by atoms with Gasteiger partial charge in [0.1, 0.15) is 0 Å². The van der Waals surface area contributed by atoms with Crippen LogP contribution < -0.4 is 5.32 Å². The Balaban J connectivity index is 1.83.